The molecule has 2 atom stereocenters. The van der Waals surface area contributed by atoms with Crippen molar-refractivity contribution in [1.82, 2.24) is 19.8 Å². The van der Waals surface area contributed by atoms with E-state index in [2.05, 4.69) is 14.9 Å². The number of likely N-dealkylation sites (tertiary alicyclic amines) is 1. The molecule has 1 aromatic carbocycles. The molecule has 3 rings (SSSR count). The van der Waals surface area contributed by atoms with Crippen molar-refractivity contribution in [2.45, 2.75) is 44.8 Å². The first-order valence-electron chi connectivity index (χ1n) is 9.65. The molecule has 0 unspecified atom stereocenters. The van der Waals surface area contributed by atoms with Gasteiger partial charge in [0.15, 0.2) is 0 Å². The average molecular weight is 381 g/mol. The molecule has 148 valence electrons. The van der Waals surface area contributed by atoms with Crippen molar-refractivity contribution in [2.24, 2.45) is 5.73 Å². The fraction of sp³-hybridized carbons (Fsp3) is 0.429. The van der Waals surface area contributed by atoms with Crippen LogP contribution in [-0.2, 0) is 16.1 Å². The molecule has 0 saturated carbocycles. The van der Waals surface area contributed by atoms with Gasteiger partial charge in [-0.05, 0) is 31.4 Å². The summed E-state index contributed by atoms with van der Waals surface area (Å²) >= 11 is 0. The van der Waals surface area contributed by atoms with Crippen molar-refractivity contribution >= 4 is 11.8 Å². The zero-order valence-corrected chi connectivity index (χ0v) is 16.2. The smallest absolute Gasteiger partial charge is 0.239 e. The number of hydrogen-bond donors (Lipinski definition) is 1. The van der Waals surface area contributed by atoms with E-state index in [4.69, 9.17) is 5.73 Å². The normalized spacial score (nSPS) is 18.8. The van der Waals surface area contributed by atoms with Crippen molar-refractivity contribution in [3.8, 4) is 0 Å². The summed E-state index contributed by atoms with van der Waals surface area (Å²) in [6.45, 7) is 3.59. The molecular formula is C21H27N5O2. The van der Waals surface area contributed by atoms with Gasteiger partial charge in [0.05, 0.1) is 0 Å². The molecule has 7 nitrogen and oxygen atoms in total. The van der Waals surface area contributed by atoms with E-state index in [0.29, 0.717) is 13.1 Å². The van der Waals surface area contributed by atoms with Gasteiger partial charge in [-0.15, -0.1) is 0 Å². The summed E-state index contributed by atoms with van der Waals surface area (Å²) in [5.41, 5.74) is 7.57. The second-order valence-corrected chi connectivity index (χ2v) is 7.23. The maximum absolute atomic E-state index is 12.3. The summed E-state index contributed by atoms with van der Waals surface area (Å²) in [5, 5.41) is 0. The molecule has 28 heavy (non-hydrogen) atoms. The van der Waals surface area contributed by atoms with Crippen LogP contribution in [0.15, 0.2) is 49.1 Å². The Morgan fingerprint density at radius 2 is 1.89 bits per heavy atom. The first kappa shape index (κ1) is 19.9. The third-order valence-electron chi connectivity index (χ3n) is 5.29. The van der Waals surface area contributed by atoms with Crippen LogP contribution in [-0.4, -0.2) is 50.7 Å². The highest BCUT2D eigenvalue weighted by molar-refractivity contribution is 5.81. The van der Waals surface area contributed by atoms with Gasteiger partial charge in [0.1, 0.15) is 12.4 Å². The molecule has 2 amide bonds. The van der Waals surface area contributed by atoms with Crippen molar-refractivity contribution < 1.29 is 9.59 Å². The SMILES string of the molecule is CC(=O)N(Cc1cncnc1)[C@@H]1CCCN([C@@H](C(N)=O)c2ccccc2)CC1. The molecule has 0 radical (unpaired) electrons. The van der Waals surface area contributed by atoms with E-state index in [9.17, 15) is 9.59 Å². The Morgan fingerprint density at radius 1 is 1.18 bits per heavy atom. The Hall–Kier alpha value is -2.80. The molecule has 2 N–H and O–H groups in total. The Balaban J connectivity index is 1.72. The standard InChI is InChI=1S/C21H27N5O2/c1-16(27)26(14-17-12-23-15-24-13-17)19-8-5-10-25(11-9-19)20(21(22)28)18-6-3-2-4-7-18/h2-4,6-7,12-13,15,19-20H,5,8-11,14H2,1H3,(H2,22,28)/t19-,20-/m1/s1. The van der Waals surface area contributed by atoms with Gasteiger partial charge in [-0.3, -0.25) is 14.5 Å². The molecule has 2 heterocycles. The Kier molecular flexibility index (Phi) is 6.71. The van der Waals surface area contributed by atoms with Gasteiger partial charge < -0.3 is 10.6 Å². The molecule has 1 saturated heterocycles. The highest BCUT2D eigenvalue weighted by Gasteiger charge is 2.30. The topological polar surface area (TPSA) is 92.4 Å². The minimum atomic E-state index is -0.437. The van der Waals surface area contributed by atoms with Crippen LogP contribution in [0.5, 0.6) is 0 Å². The highest BCUT2D eigenvalue weighted by atomic mass is 16.2. The lowest BCUT2D eigenvalue weighted by molar-refractivity contribution is -0.132. The summed E-state index contributed by atoms with van der Waals surface area (Å²) in [7, 11) is 0. The monoisotopic (exact) mass is 381 g/mol. The fourth-order valence-corrected chi connectivity index (χ4v) is 3.97. The van der Waals surface area contributed by atoms with Gasteiger partial charge in [0, 0.05) is 44.0 Å². The summed E-state index contributed by atoms with van der Waals surface area (Å²) < 4.78 is 0. The van der Waals surface area contributed by atoms with Crippen LogP contribution < -0.4 is 5.73 Å². The number of nitrogens with two attached hydrogens (primary N) is 1. The molecule has 7 heteroatoms. The van der Waals surface area contributed by atoms with E-state index in [1.54, 1.807) is 19.3 Å². The molecule has 1 aliphatic rings. The van der Waals surface area contributed by atoms with Crippen LogP contribution in [0, 0.1) is 0 Å². The number of hydrogen-bond acceptors (Lipinski definition) is 5. The summed E-state index contributed by atoms with van der Waals surface area (Å²) in [5.74, 6) is -0.300. The van der Waals surface area contributed by atoms with Crippen molar-refractivity contribution in [3.05, 3.63) is 60.2 Å². The third kappa shape index (κ3) is 4.92. The first-order valence-corrected chi connectivity index (χ1v) is 9.65. The van der Waals surface area contributed by atoms with E-state index in [-0.39, 0.29) is 17.9 Å². The molecule has 2 aromatic rings. The second kappa shape index (κ2) is 9.41. The lowest BCUT2D eigenvalue weighted by Gasteiger charge is -2.31. The van der Waals surface area contributed by atoms with Crippen LogP contribution in [0.4, 0.5) is 0 Å². The quantitative estimate of drug-likeness (QED) is 0.825. The van der Waals surface area contributed by atoms with Crippen molar-refractivity contribution in [1.29, 1.82) is 0 Å². The van der Waals surface area contributed by atoms with Crippen LogP contribution in [0.25, 0.3) is 0 Å². The number of nitrogens with zero attached hydrogens (tertiary/aromatic N) is 4. The molecule has 1 aromatic heterocycles. The van der Waals surface area contributed by atoms with Crippen LogP contribution in [0.3, 0.4) is 0 Å². The lowest BCUT2D eigenvalue weighted by Crippen LogP contribution is -2.41. The number of carbonyl (C=O) groups excluding carboxylic acids is 2. The molecule has 0 aliphatic carbocycles. The summed E-state index contributed by atoms with van der Waals surface area (Å²) in [6, 6.07) is 9.33. The zero-order valence-electron chi connectivity index (χ0n) is 16.2. The summed E-state index contributed by atoms with van der Waals surface area (Å²) in [4.78, 5) is 36.6. The van der Waals surface area contributed by atoms with E-state index in [1.165, 1.54) is 6.33 Å². The molecule has 0 spiro atoms. The zero-order chi connectivity index (χ0) is 19.9. The van der Waals surface area contributed by atoms with E-state index in [0.717, 1.165) is 36.9 Å². The predicted octanol–water partition coefficient (Wildman–Crippen LogP) is 1.91. The minimum absolute atomic E-state index is 0.0387. The van der Waals surface area contributed by atoms with E-state index < -0.39 is 6.04 Å². The maximum Gasteiger partial charge on any atom is 0.239 e. The fourth-order valence-electron chi connectivity index (χ4n) is 3.97. The maximum atomic E-state index is 12.3. The Morgan fingerprint density at radius 3 is 2.54 bits per heavy atom. The molecule has 1 aliphatic heterocycles. The minimum Gasteiger partial charge on any atom is -0.368 e. The largest absolute Gasteiger partial charge is 0.368 e. The van der Waals surface area contributed by atoms with Crippen molar-refractivity contribution in [3.63, 3.8) is 0 Å². The number of primary amides is 1. The highest BCUT2D eigenvalue weighted by Crippen LogP contribution is 2.26. The first-order chi connectivity index (χ1) is 13.6. The van der Waals surface area contributed by atoms with Crippen LogP contribution >= 0.6 is 0 Å². The molecular weight excluding hydrogens is 354 g/mol. The number of amides is 2. The van der Waals surface area contributed by atoms with Crippen LogP contribution in [0.1, 0.15) is 43.4 Å². The van der Waals surface area contributed by atoms with Gasteiger partial charge in [-0.2, -0.15) is 0 Å². The number of carbonyl (C=O) groups is 2. The van der Waals surface area contributed by atoms with Gasteiger partial charge >= 0.3 is 0 Å². The molecule has 0 bridgehead atoms. The summed E-state index contributed by atoms with van der Waals surface area (Å²) in [6.07, 6.45) is 7.55. The number of rotatable bonds is 6. The lowest BCUT2D eigenvalue weighted by atomic mass is 10.0. The van der Waals surface area contributed by atoms with Crippen molar-refractivity contribution in [2.75, 3.05) is 13.1 Å². The predicted molar refractivity (Wildman–Crippen MR) is 106 cm³/mol. The Labute approximate surface area is 165 Å². The van der Waals surface area contributed by atoms with E-state index in [1.807, 2.05) is 35.2 Å². The number of benzene rings is 1. The van der Waals surface area contributed by atoms with Gasteiger partial charge in [0.2, 0.25) is 11.8 Å². The average Bonchev–Trinajstić information content (AvgIpc) is 2.93. The second-order valence-electron chi connectivity index (χ2n) is 7.23. The molecule has 1 fully saturated rings. The van der Waals surface area contributed by atoms with Crippen LogP contribution in [0.2, 0.25) is 0 Å². The third-order valence-corrected chi connectivity index (χ3v) is 5.29. The Bertz CT molecular complexity index is 784. The van der Waals surface area contributed by atoms with Gasteiger partial charge in [-0.25, -0.2) is 9.97 Å². The van der Waals surface area contributed by atoms with E-state index >= 15 is 0 Å². The van der Waals surface area contributed by atoms with Gasteiger partial charge in [0.25, 0.3) is 0 Å². The number of aromatic nitrogens is 2. The van der Waals surface area contributed by atoms with Gasteiger partial charge in [-0.1, -0.05) is 30.3 Å².